The second-order valence-electron chi connectivity index (χ2n) is 10.1. The average molecular weight is 546 g/mol. The highest BCUT2D eigenvalue weighted by Crippen LogP contribution is 2.36. The van der Waals surface area contributed by atoms with Gasteiger partial charge in [0, 0.05) is 56.1 Å². The Labute approximate surface area is 232 Å². The lowest BCUT2D eigenvalue weighted by atomic mass is 9.86. The monoisotopic (exact) mass is 545 g/mol. The van der Waals surface area contributed by atoms with Crippen molar-refractivity contribution in [2.45, 2.75) is 31.5 Å². The van der Waals surface area contributed by atoms with Crippen LogP contribution in [0.25, 0.3) is 16.6 Å². The van der Waals surface area contributed by atoms with Crippen LogP contribution in [0.2, 0.25) is 0 Å². The van der Waals surface area contributed by atoms with Crippen LogP contribution in [0.15, 0.2) is 65.8 Å². The highest BCUT2D eigenvalue weighted by Gasteiger charge is 2.44. The van der Waals surface area contributed by atoms with Crippen LogP contribution < -0.4 is 9.64 Å². The Morgan fingerprint density at radius 1 is 1.35 bits per heavy atom. The number of hydrogen-bond acceptors (Lipinski definition) is 9. The Bertz CT molecular complexity index is 1490. The Morgan fingerprint density at radius 2 is 2.12 bits per heavy atom. The molecule has 6 heterocycles. The molecule has 3 aliphatic heterocycles. The minimum atomic E-state index is -0.617. The molecule has 3 aliphatic rings. The molecule has 2 unspecified atom stereocenters. The van der Waals surface area contributed by atoms with Crippen molar-refractivity contribution in [1.29, 1.82) is 5.26 Å². The maximum absolute atomic E-state index is 14.3. The fourth-order valence-electron chi connectivity index (χ4n) is 5.38. The van der Waals surface area contributed by atoms with Gasteiger partial charge in [-0.05, 0) is 43.2 Å². The van der Waals surface area contributed by atoms with Gasteiger partial charge in [0.05, 0.1) is 36.7 Å². The first-order valence-electron chi connectivity index (χ1n) is 13.1. The van der Waals surface area contributed by atoms with Gasteiger partial charge < -0.3 is 19.5 Å². The number of nitriles is 1. The Morgan fingerprint density at radius 3 is 2.75 bits per heavy atom. The average Bonchev–Trinajstić information content (AvgIpc) is 3.38. The number of methoxy groups -OCH3 is 1. The Kier molecular flexibility index (Phi) is 7.82. The smallest absolute Gasteiger partial charge is 0.245 e. The van der Waals surface area contributed by atoms with Crippen LogP contribution in [0.3, 0.4) is 0 Å². The maximum atomic E-state index is 14.3. The number of aromatic nitrogens is 3. The van der Waals surface area contributed by atoms with Gasteiger partial charge in [0.25, 0.3) is 0 Å². The van der Waals surface area contributed by atoms with E-state index in [4.69, 9.17) is 14.5 Å². The van der Waals surface area contributed by atoms with Gasteiger partial charge in [0.15, 0.2) is 5.83 Å². The van der Waals surface area contributed by atoms with Crippen LogP contribution in [-0.4, -0.2) is 89.1 Å². The summed E-state index contributed by atoms with van der Waals surface area (Å²) in [6, 6.07) is 8.69. The zero-order valence-corrected chi connectivity index (χ0v) is 22.8. The second-order valence-corrected chi connectivity index (χ2v) is 10.1. The summed E-state index contributed by atoms with van der Waals surface area (Å²) in [5.41, 5.74) is 3.39. The summed E-state index contributed by atoms with van der Waals surface area (Å²) in [5, 5.41) is 23.5. The molecule has 3 aromatic heterocycles. The quantitative estimate of drug-likeness (QED) is 0.248. The van der Waals surface area contributed by atoms with Crippen molar-refractivity contribution in [3.05, 3.63) is 66.4 Å². The van der Waals surface area contributed by atoms with Crippen molar-refractivity contribution in [3.63, 3.8) is 0 Å². The van der Waals surface area contributed by atoms with E-state index in [9.17, 15) is 14.8 Å². The van der Waals surface area contributed by atoms with Crippen molar-refractivity contribution in [1.82, 2.24) is 19.5 Å². The number of aliphatic hydroxyl groups is 1. The summed E-state index contributed by atoms with van der Waals surface area (Å²) < 4.78 is 26.6. The second kappa shape index (κ2) is 11.5. The van der Waals surface area contributed by atoms with Gasteiger partial charge in [-0.15, -0.1) is 0 Å². The van der Waals surface area contributed by atoms with Crippen LogP contribution in [0.1, 0.15) is 18.9 Å². The number of halogens is 1. The van der Waals surface area contributed by atoms with E-state index in [1.807, 2.05) is 18.2 Å². The molecular formula is C29H32FN7O3. The lowest BCUT2D eigenvalue weighted by molar-refractivity contribution is 0.00888. The summed E-state index contributed by atoms with van der Waals surface area (Å²) >= 11 is 0. The molecule has 3 atom stereocenters. The van der Waals surface area contributed by atoms with E-state index in [2.05, 4.69) is 32.5 Å². The number of piperazine rings is 1. The van der Waals surface area contributed by atoms with Gasteiger partial charge in [0.2, 0.25) is 5.90 Å². The maximum Gasteiger partial charge on any atom is 0.245 e. The molecule has 0 radical (unpaired) electrons. The number of nitrogens with zero attached hydrogens (tertiary/aromatic N) is 7. The third-order valence-electron chi connectivity index (χ3n) is 7.24. The van der Waals surface area contributed by atoms with Crippen LogP contribution >= 0.6 is 0 Å². The minimum Gasteiger partial charge on any atom is -0.489 e. The van der Waals surface area contributed by atoms with Gasteiger partial charge in [-0.2, -0.15) is 10.4 Å². The molecule has 11 heteroatoms. The van der Waals surface area contributed by atoms with E-state index in [-0.39, 0.29) is 12.5 Å². The Hall–Kier alpha value is -4.27. The van der Waals surface area contributed by atoms with Crippen LogP contribution in [-0.2, 0) is 4.74 Å². The third kappa shape index (κ3) is 5.41. The lowest BCUT2D eigenvalue weighted by Crippen LogP contribution is -2.69. The summed E-state index contributed by atoms with van der Waals surface area (Å²) in [5.74, 6) is 0.843. The zero-order valence-electron chi connectivity index (χ0n) is 22.8. The molecular weight excluding hydrogens is 513 g/mol. The minimum absolute atomic E-state index is 0.0394. The van der Waals surface area contributed by atoms with Crippen LogP contribution in [0.5, 0.6) is 5.75 Å². The molecule has 0 aliphatic carbocycles. The van der Waals surface area contributed by atoms with Crippen molar-refractivity contribution in [3.8, 4) is 22.9 Å². The molecule has 3 aromatic rings. The molecule has 3 fully saturated rings. The number of anilines is 1. The summed E-state index contributed by atoms with van der Waals surface area (Å²) in [6.07, 6.45) is 6.88. The predicted molar refractivity (Wildman–Crippen MR) is 150 cm³/mol. The number of pyridine rings is 2. The first kappa shape index (κ1) is 27.3. The van der Waals surface area contributed by atoms with E-state index < -0.39 is 11.9 Å². The number of hydrogen-bond donors (Lipinski definition) is 1. The molecule has 2 bridgehead atoms. The number of ether oxygens (including phenoxy) is 2. The molecule has 3 saturated heterocycles. The highest BCUT2D eigenvalue weighted by atomic mass is 19.1. The highest BCUT2D eigenvalue weighted by molar-refractivity contribution is 5.91. The lowest BCUT2D eigenvalue weighted by Gasteiger charge is -2.56. The fourth-order valence-corrected chi connectivity index (χ4v) is 5.38. The van der Waals surface area contributed by atoms with Gasteiger partial charge in [0.1, 0.15) is 24.2 Å². The van der Waals surface area contributed by atoms with Crippen molar-refractivity contribution in [2.24, 2.45) is 4.99 Å². The number of fused-ring (bicyclic) bond motifs is 3. The first-order valence-corrected chi connectivity index (χ1v) is 13.1. The molecule has 0 amide bonds. The summed E-state index contributed by atoms with van der Waals surface area (Å²) in [7, 11) is 2.87. The molecule has 10 nitrogen and oxygen atoms in total. The normalized spacial score (nSPS) is 20.1. The van der Waals surface area contributed by atoms with Crippen molar-refractivity contribution >= 4 is 17.2 Å². The zero-order chi connectivity index (χ0) is 28.4. The number of piperidine rings is 1. The van der Waals surface area contributed by atoms with Gasteiger partial charge in [-0.1, -0.05) is 6.58 Å². The fraction of sp³-hybridized carbons (Fsp3) is 0.379. The molecule has 40 heavy (non-hydrogen) atoms. The Balaban J connectivity index is 1.29. The topological polar surface area (TPSA) is 112 Å². The predicted octanol–water partition coefficient (Wildman–Crippen LogP) is 3.37. The van der Waals surface area contributed by atoms with Crippen LogP contribution in [0.4, 0.5) is 10.2 Å². The molecule has 1 N–H and O–H groups in total. The van der Waals surface area contributed by atoms with E-state index in [1.165, 1.54) is 26.4 Å². The molecule has 208 valence electrons. The van der Waals surface area contributed by atoms with Gasteiger partial charge >= 0.3 is 0 Å². The van der Waals surface area contributed by atoms with Gasteiger partial charge in [-0.25, -0.2) is 13.9 Å². The molecule has 0 spiro atoms. The van der Waals surface area contributed by atoms with Gasteiger partial charge in [-0.3, -0.25) is 9.89 Å². The molecule has 0 saturated carbocycles. The van der Waals surface area contributed by atoms with Crippen LogP contribution in [0, 0.1) is 11.3 Å². The van der Waals surface area contributed by atoms with E-state index in [0.717, 1.165) is 36.5 Å². The molecule has 0 aromatic carbocycles. The SMILES string of the molecule is C=C(/C=C(F)\C(=N/C)OC)CN1C2CC1CN(c1ccc(-c3cc(OC[C@@H](C)O)cn4ncc(C#N)c34)cn1)C2. The van der Waals surface area contributed by atoms with E-state index >= 15 is 0 Å². The van der Waals surface area contributed by atoms with E-state index in [1.54, 1.807) is 23.8 Å². The van der Waals surface area contributed by atoms with E-state index in [0.29, 0.717) is 41.0 Å². The number of rotatable bonds is 9. The van der Waals surface area contributed by atoms with Crippen molar-refractivity contribution < 1.29 is 19.0 Å². The number of aliphatic hydroxyl groups excluding tert-OH is 1. The standard InChI is InChI=1S/C29H32FN7O3/c1-18(7-26(30)29(32-3)39-4)13-36-22-8-23(36)15-35(14-22)27-6-5-20(11-33-27)25-9-24(40-17-19(2)38)16-37-28(25)21(10-31)12-34-37/h5-7,9,11-12,16,19,22-23,38H,1,8,13-15,17H2,2-4H3/b26-7+,32-29+/t19-,22?,23?/m1/s1. The number of aliphatic imine (C=N–C) groups is 1. The third-order valence-corrected chi connectivity index (χ3v) is 7.24. The molecule has 6 rings (SSSR count). The summed E-state index contributed by atoms with van der Waals surface area (Å²) in [4.78, 5) is 13.2. The first-order chi connectivity index (χ1) is 19.3. The van der Waals surface area contributed by atoms with Crippen molar-refractivity contribution in [2.75, 3.05) is 45.3 Å². The summed E-state index contributed by atoms with van der Waals surface area (Å²) in [6.45, 7) is 8.03. The largest absolute Gasteiger partial charge is 0.489 e.